The Bertz CT molecular complexity index is 254. The van der Waals surface area contributed by atoms with E-state index in [1.165, 1.54) is 0 Å². The van der Waals surface area contributed by atoms with Gasteiger partial charge in [-0.1, -0.05) is 0 Å². The van der Waals surface area contributed by atoms with Gasteiger partial charge in [-0.05, 0) is 53.2 Å². The molecule has 2 aliphatic heterocycles. The van der Waals surface area contributed by atoms with Gasteiger partial charge in [0.15, 0.2) is 0 Å². The third-order valence-electron chi connectivity index (χ3n) is 4.11. The van der Waals surface area contributed by atoms with Crippen LogP contribution in [0.1, 0.15) is 33.1 Å². The van der Waals surface area contributed by atoms with Crippen molar-refractivity contribution in [1.82, 2.24) is 9.80 Å². The first-order valence-corrected chi connectivity index (χ1v) is 6.05. The molecule has 86 valence electrons. The number of hydrogen-bond acceptors (Lipinski definition) is 2. The van der Waals surface area contributed by atoms with Crippen molar-refractivity contribution in [1.29, 1.82) is 0 Å². The van der Waals surface area contributed by atoms with Gasteiger partial charge in [0.2, 0.25) is 5.91 Å². The van der Waals surface area contributed by atoms with Crippen molar-refractivity contribution in [2.45, 2.75) is 39.2 Å². The van der Waals surface area contributed by atoms with Gasteiger partial charge in [-0.3, -0.25) is 4.79 Å². The number of piperidine rings is 1. The Kier molecular flexibility index (Phi) is 2.75. The van der Waals surface area contributed by atoms with Crippen LogP contribution in [0.3, 0.4) is 0 Å². The molecule has 2 heterocycles. The van der Waals surface area contributed by atoms with Gasteiger partial charge in [0, 0.05) is 12.6 Å². The summed E-state index contributed by atoms with van der Waals surface area (Å²) >= 11 is 0. The Hall–Kier alpha value is -0.570. The summed E-state index contributed by atoms with van der Waals surface area (Å²) in [6.45, 7) is 7.37. The van der Waals surface area contributed by atoms with Gasteiger partial charge in [-0.2, -0.15) is 0 Å². The molecule has 2 aliphatic rings. The van der Waals surface area contributed by atoms with Gasteiger partial charge in [-0.25, -0.2) is 0 Å². The van der Waals surface area contributed by atoms with Crippen molar-refractivity contribution in [3.8, 4) is 0 Å². The fraction of sp³-hybridized carbons (Fsp3) is 0.917. The van der Waals surface area contributed by atoms with E-state index in [1.807, 2.05) is 0 Å². The summed E-state index contributed by atoms with van der Waals surface area (Å²) in [5.41, 5.74) is 0.0107. The molecule has 3 heteroatoms. The Morgan fingerprint density at radius 1 is 1.13 bits per heavy atom. The van der Waals surface area contributed by atoms with E-state index in [-0.39, 0.29) is 5.41 Å². The van der Waals surface area contributed by atoms with Crippen molar-refractivity contribution < 1.29 is 4.79 Å². The summed E-state index contributed by atoms with van der Waals surface area (Å²) in [6.07, 6.45) is 3.20. The summed E-state index contributed by atoms with van der Waals surface area (Å²) < 4.78 is 0. The zero-order valence-corrected chi connectivity index (χ0v) is 10.1. The Balaban J connectivity index is 2.08. The summed E-state index contributed by atoms with van der Waals surface area (Å²) in [6, 6.07) is 0.372. The molecule has 0 aromatic heterocycles. The van der Waals surface area contributed by atoms with Crippen LogP contribution < -0.4 is 0 Å². The summed E-state index contributed by atoms with van der Waals surface area (Å²) in [5, 5.41) is 0. The van der Waals surface area contributed by atoms with Gasteiger partial charge in [0.05, 0.1) is 5.41 Å². The average molecular weight is 210 g/mol. The molecule has 0 bridgehead atoms. The predicted octanol–water partition coefficient (Wildman–Crippen LogP) is 1.34. The van der Waals surface area contributed by atoms with Crippen LogP contribution in [0.5, 0.6) is 0 Å². The fourth-order valence-electron chi connectivity index (χ4n) is 2.85. The number of hydrogen-bond donors (Lipinski definition) is 0. The minimum atomic E-state index is 0.0107. The largest absolute Gasteiger partial charge is 0.340 e. The molecule has 3 nitrogen and oxygen atoms in total. The van der Waals surface area contributed by atoms with Gasteiger partial charge < -0.3 is 9.80 Å². The van der Waals surface area contributed by atoms with Gasteiger partial charge in [-0.15, -0.1) is 0 Å². The fourth-order valence-corrected chi connectivity index (χ4v) is 2.85. The molecule has 2 fully saturated rings. The van der Waals surface area contributed by atoms with E-state index in [0.717, 1.165) is 38.9 Å². The lowest BCUT2D eigenvalue weighted by molar-refractivity contribution is -0.139. The van der Waals surface area contributed by atoms with Crippen LogP contribution in [-0.4, -0.2) is 48.4 Å². The first-order valence-electron chi connectivity index (χ1n) is 6.05. The van der Waals surface area contributed by atoms with E-state index in [0.29, 0.717) is 11.9 Å². The maximum absolute atomic E-state index is 12.3. The van der Waals surface area contributed by atoms with Crippen LogP contribution in [0.4, 0.5) is 0 Å². The van der Waals surface area contributed by atoms with E-state index in [1.54, 1.807) is 0 Å². The Labute approximate surface area is 92.4 Å². The molecule has 0 unspecified atom stereocenters. The lowest BCUT2D eigenvalue weighted by Crippen LogP contribution is -2.44. The first-order chi connectivity index (χ1) is 7.05. The average Bonchev–Trinajstić information content (AvgIpc) is 2.50. The topological polar surface area (TPSA) is 23.6 Å². The second-order valence-corrected chi connectivity index (χ2v) is 5.43. The molecule has 0 aromatic rings. The lowest BCUT2D eigenvalue weighted by Gasteiger charge is -2.36. The molecule has 0 aromatic carbocycles. The van der Waals surface area contributed by atoms with Crippen molar-refractivity contribution in [2.75, 3.05) is 26.7 Å². The molecular formula is C12H22N2O. The third kappa shape index (κ3) is 1.78. The van der Waals surface area contributed by atoms with Gasteiger partial charge in [0.25, 0.3) is 0 Å². The molecule has 0 N–H and O–H groups in total. The molecule has 0 atom stereocenters. The van der Waals surface area contributed by atoms with E-state index < -0.39 is 0 Å². The van der Waals surface area contributed by atoms with Crippen LogP contribution in [0.15, 0.2) is 0 Å². The SMILES string of the molecule is CC(C)N1CCC2(CCN(C)CC2)C1=O. The van der Waals surface area contributed by atoms with Crippen LogP contribution in [0, 0.1) is 5.41 Å². The molecule has 0 aliphatic carbocycles. The van der Waals surface area contributed by atoms with Gasteiger partial charge >= 0.3 is 0 Å². The van der Waals surface area contributed by atoms with E-state index >= 15 is 0 Å². The molecule has 2 saturated heterocycles. The van der Waals surface area contributed by atoms with Crippen LogP contribution in [0.25, 0.3) is 0 Å². The molecule has 15 heavy (non-hydrogen) atoms. The number of rotatable bonds is 1. The highest BCUT2D eigenvalue weighted by atomic mass is 16.2. The van der Waals surface area contributed by atoms with Gasteiger partial charge in [0.1, 0.15) is 0 Å². The Morgan fingerprint density at radius 2 is 1.67 bits per heavy atom. The minimum Gasteiger partial charge on any atom is -0.340 e. The number of likely N-dealkylation sites (tertiary alicyclic amines) is 2. The number of carbonyl (C=O) groups is 1. The minimum absolute atomic E-state index is 0.0107. The van der Waals surface area contributed by atoms with Crippen molar-refractivity contribution >= 4 is 5.91 Å². The molecule has 2 rings (SSSR count). The normalized spacial score (nSPS) is 26.9. The maximum Gasteiger partial charge on any atom is 0.229 e. The number of nitrogens with zero attached hydrogens (tertiary/aromatic N) is 2. The Morgan fingerprint density at radius 3 is 2.13 bits per heavy atom. The zero-order valence-electron chi connectivity index (χ0n) is 10.1. The van der Waals surface area contributed by atoms with Crippen LogP contribution >= 0.6 is 0 Å². The highest BCUT2D eigenvalue weighted by Gasteiger charge is 2.48. The zero-order chi connectivity index (χ0) is 11.1. The standard InChI is InChI=1S/C12H22N2O/c1-10(2)14-9-6-12(11(14)15)4-7-13(3)8-5-12/h10H,4-9H2,1-3H3. The predicted molar refractivity (Wildman–Crippen MR) is 60.6 cm³/mol. The second-order valence-electron chi connectivity index (χ2n) is 5.43. The molecule has 0 saturated carbocycles. The summed E-state index contributed by atoms with van der Waals surface area (Å²) in [7, 11) is 2.15. The second kappa shape index (κ2) is 3.78. The number of amides is 1. The van der Waals surface area contributed by atoms with Crippen LogP contribution in [0.2, 0.25) is 0 Å². The number of carbonyl (C=O) groups excluding carboxylic acids is 1. The highest BCUT2D eigenvalue weighted by molar-refractivity contribution is 5.85. The monoisotopic (exact) mass is 210 g/mol. The maximum atomic E-state index is 12.3. The van der Waals surface area contributed by atoms with Crippen molar-refractivity contribution in [3.05, 3.63) is 0 Å². The summed E-state index contributed by atoms with van der Waals surface area (Å²) in [4.78, 5) is 16.7. The first kappa shape index (κ1) is 10.9. The quantitative estimate of drug-likeness (QED) is 0.652. The summed E-state index contributed by atoms with van der Waals surface area (Å²) in [5.74, 6) is 0.422. The van der Waals surface area contributed by atoms with Crippen molar-refractivity contribution in [2.24, 2.45) is 5.41 Å². The molecule has 1 amide bonds. The molecule has 0 radical (unpaired) electrons. The molecular weight excluding hydrogens is 188 g/mol. The smallest absolute Gasteiger partial charge is 0.229 e. The van der Waals surface area contributed by atoms with Crippen LogP contribution in [-0.2, 0) is 4.79 Å². The third-order valence-corrected chi connectivity index (χ3v) is 4.11. The lowest BCUT2D eigenvalue weighted by atomic mass is 9.77. The highest BCUT2D eigenvalue weighted by Crippen LogP contribution is 2.41. The molecule has 1 spiro atoms. The van der Waals surface area contributed by atoms with E-state index in [2.05, 4.69) is 30.7 Å². The van der Waals surface area contributed by atoms with Crippen molar-refractivity contribution in [3.63, 3.8) is 0 Å². The van der Waals surface area contributed by atoms with E-state index in [9.17, 15) is 4.79 Å². The van der Waals surface area contributed by atoms with E-state index in [4.69, 9.17) is 0 Å².